The van der Waals surface area contributed by atoms with Crippen LogP contribution in [-0.4, -0.2) is 142 Å². The molecule has 3 aliphatic heterocycles. The molecule has 0 spiro atoms. The van der Waals surface area contributed by atoms with Gasteiger partial charge in [-0.05, 0) is 38.8 Å². The zero-order valence-corrected chi connectivity index (χ0v) is 42.8. The highest BCUT2D eigenvalue weighted by atomic mass is 16.7. The quantitative estimate of drug-likeness (QED) is 0.0379. The van der Waals surface area contributed by atoms with Gasteiger partial charge in [0.15, 0.2) is 27.9 Å². The summed E-state index contributed by atoms with van der Waals surface area (Å²) in [5.41, 5.74) is -0.672. The largest absolute Gasteiger partial charge is 0.508 e. The highest BCUT2D eigenvalue weighted by Crippen LogP contribution is 2.49. The number of fused-ring (bicyclic) bond motifs is 2. The fraction of sp³-hybridized carbons (Fsp3) is 0.537. The third kappa shape index (κ3) is 10.8. The Labute approximate surface area is 418 Å². The van der Waals surface area contributed by atoms with Crippen molar-refractivity contribution in [3.05, 3.63) is 75.5 Å². The Morgan fingerprint density at radius 2 is 1.69 bits per heavy atom. The molecule has 3 aromatic carbocycles. The Kier molecular flexibility index (Phi) is 16.5. The number of Topliss-reactive ketones (excluding diaryl/α,β-unsaturated/α-hetero) is 1. The Morgan fingerprint density at radius 3 is 2.36 bits per heavy atom. The molecule has 4 heterocycles. The van der Waals surface area contributed by atoms with Crippen LogP contribution in [0.5, 0.6) is 11.5 Å². The number of ketones is 1. The minimum absolute atomic E-state index is 0.000511. The molecule has 1 saturated heterocycles. The number of amides is 1. The maximum Gasteiger partial charge on any atom is 0.508 e. The topological polar surface area (TPSA) is 251 Å². The number of rotatable bonds is 8. The number of aliphatic hydroxyl groups is 4. The number of ether oxygens (including phenoxy) is 4. The van der Waals surface area contributed by atoms with Crippen molar-refractivity contribution >= 4 is 62.2 Å². The van der Waals surface area contributed by atoms with Gasteiger partial charge >= 0.3 is 6.16 Å². The van der Waals surface area contributed by atoms with Crippen molar-refractivity contribution in [1.82, 2.24) is 9.88 Å². The molecule has 4 aromatic rings. The molecular formula is C54H70N4O14. The van der Waals surface area contributed by atoms with Gasteiger partial charge in [-0.25, -0.2) is 9.78 Å². The molecule has 72 heavy (non-hydrogen) atoms. The van der Waals surface area contributed by atoms with Gasteiger partial charge in [0, 0.05) is 98.2 Å². The molecule has 4 bridgehead atoms. The van der Waals surface area contributed by atoms with Gasteiger partial charge in [0.1, 0.15) is 41.3 Å². The second kappa shape index (κ2) is 22.1. The predicted molar refractivity (Wildman–Crippen MR) is 273 cm³/mol. The molecule has 3 aliphatic rings. The van der Waals surface area contributed by atoms with Crippen molar-refractivity contribution in [2.75, 3.05) is 63.3 Å². The summed E-state index contributed by atoms with van der Waals surface area (Å²) in [7, 11) is 1.44. The number of aromatic hydroxyl groups is 1. The first-order valence-electron chi connectivity index (χ1n) is 24.8. The summed E-state index contributed by atoms with van der Waals surface area (Å²) in [4.78, 5) is 66.4. The molecule has 7 rings (SSSR count). The highest BCUT2D eigenvalue weighted by molar-refractivity contribution is 6.26. The molecule has 0 aliphatic carbocycles. The van der Waals surface area contributed by atoms with Crippen LogP contribution in [-0.2, 0) is 19.0 Å². The number of anilines is 2. The number of nitrogens with zero attached hydrogens (tertiary/aromatic N) is 3. The van der Waals surface area contributed by atoms with E-state index < -0.39 is 102 Å². The SMILES string of the molecule is CO[C@H]1C=CC[C@@]2(C)Oc3c(C)c(=O)c4c(O)c(c5oc6cc(N7CCN(CC(C)C)CC7)ccc6nc5c4c3C2=O)NC(=O)C(C)=CC=C[C@H](C)C(O)[C@@H](C)[C@@H](O)[C@@H](C)[C@H](OC(=O)OCC(O)CO)[C@@H]1C. The van der Waals surface area contributed by atoms with E-state index in [1.165, 1.54) is 20.1 Å². The molecule has 0 saturated carbocycles. The van der Waals surface area contributed by atoms with Crippen molar-refractivity contribution in [3.63, 3.8) is 0 Å². The van der Waals surface area contributed by atoms with Crippen molar-refractivity contribution in [3.8, 4) is 11.5 Å². The van der Waals surface area contributed by atoms with Crippen LogP contribution in [0, 0.1) is 36.5 Å². The lowest BCUT2D eigenvalue weighted by molar-refractivity contribution is -0.112. The van der Waals surface area contributed by atoms with Crippen molar-refractivity contribution in [1.29, 1.82) is 0 Å². The molecule has 390 valence electrons. The smallest absolute Gasteiger partial charge is 0.505 e. The van der Waals surface area contributed by atoms with Gasteiger partial charge < -0.3 is 59.1 Å². The van der Waals surface area contributed by atoms with Crippen LogP contribution in [0.2, 0.25) is 0 Å². The number of hydrogen-bond acceptors (Lipinski definition) is 17. The molecule has 10 atom stereocenters. The summed E-state index contributed by atoms with van der Waals surface area (Å²) in [6, 6.07) is 5.60. The number of aromatic nitrogens is 1. The van der Waals surface area contributed by atoms with Crippen LogP contribution < -0.4 is 20.4 Å². The van der Waals surface area contributed by atoms with Gasteiger partial charge in [-0.15, -0.1) is 0 Å². The van der Waals surface area contributed by atoms with Crippen LogP contribution in [0.15, 0.2) is 63.4 Å². The van der Waals surface area contributed by atoms with E-state index in [-0.39, 0.29) is 56.4 Å². The Bertz CT molecular complexity index is 2850. The third-order valence-electron chi connectivity index (χ3n) is 14.6. The molecule has 1 amide bonds. The predicted octanol–water partition coefficient (Wildman–Crippen LogP) is 6.18. The summed E-state index contributed by atoms with van der Waals surface area (Å²) in [5.74, 6) is -4.16. The zero-order chi connectivity index (χ0) is 52.5. The number of hydrogen-bond donors (Lipinski definition) is 6. The number of nitrogens with one attached hydrogen (secondary N) is 1. The number of methoxy groups -OCH3 is 1. The maximum atomic E-state index is 15.0. The van der Waals surface area contributed by atoms with Crippen LogP contribution in [0.3, 0.4) is 0 Å². The number of benzene rings is 3. The fourth-order valence-corrected chi connectivity index (χ4v) is 10.2. The summed E-state index contributed by atoms with van der Waals surface area (Å²) in [6.07, 6.45) is 1.18. The summed E-state index contributed by atoms with van der Waals surface area (Å²) < 4.78 is 29.9. The Balaban J connectivity index is 1.37. The Morgan fingerprint density at radius 1 is 0.986 bits per heavy atom. The average molecular weight is 999 g/mol. The van der Waals surface area contributed by atoms with Crippen molar-refractivity contribution in [2.24, 2.45) is 29.6 Å². The van der Waals surface area contributed by atoms with E-state index in [1.807, 2.05) is 12.1 Å². The maximum absolute atomic E-state index is 15.0. The lowest BCUT2D eigenvalue weighted by Crippen LogP contribution is -2.47. The molecule has 6 N–H and O–H groups in total. The second-order valence-corrected chi connectivity index (χ2v) is 20.4. The van der Waals surface area contributed by atoms with E-state index >= 15 is 4.79 Å². The number of carbonyl (C=O) groups is 3. The fourth-order valence-electron chi connectivity index (χ4n) is 10.2. The molecule has 1 aromatic heterocycles. The van der Waals surface area contributed by atoms with E-state index in [0.29, 0.717) is 17.0 Å². The van der Waals surface area contributed by atoms with Gasteiger partial charge in [0.25, 0.3) is 5.91 Å². The van der Waals surface area contributed by atoms with Crippen molar-refractivity contribution < 1.29 is 63.3 Å². The average Bonchev–Trinajstić information content (AvgIpc) is 3.62. The number of piperazine rings is 1. The lowest BCUT2D eigenvalue weighted by atomic mass is 9.78. The van der Waals surface area contributed by atoms with E-state index in [2.05, 4.69) is 29.0 Å². The zero-order valence-electron chi connectivity index (χ0n) is 42.8. The lowest BCUT2D eigenvalue weighted by Gasteiger charge is -2.38. The molecular weight excluding hydrogens is 929 g/mol. The molecule has 18 nitrogen and oxygen atoms in total. The van der Waals surface area contributed by atoms with E-state index in [0.717, 1.165) is 38.4 Å². The standard InChI is InChI=1S/C54H70N4O14/c1-27(2)24-57-19-21-58(22-20-57)34-16-17-36-38(23-34)70-50-42(55-36)39-40-46(63)33(8)49-41(39)51(65)54(9,72-49)18-12-15-37(68-10)30(5)48(71-53(67)69-26-35(60)25-59)32(7)45(62)31(6)44(61)28(3)13-11-14-29(4)52(66)56-43(50)47(40)64/h11-17,23,27-28,30-32,35,37,44-45,48,59-62,64H,18-22,24-26H2,1-10H3,(H,56,66)/t28-,30+,31+,32+,35?,37-,44?,45+,48+,54+/m0/s1. The van der Waals surface area contributed by atoms with Crippen LogP contribution in [0.25, 0.3) is 33.0 Å². The molecule has 18 heteroatoms. The van der Waals surface area contributed by atoms with Crippen molar-refractivity contribution in [2.45, 2.75) is 105 Å². The minimum atomic E-state index is -1.61. The first-order valence-corrected chi connectivity index (χ1v) is 24.8. The number of phenolic OH excluding ortho intramolecular Hbond substituents is 1. The Hall–Kier alpha value is -5.89. The van der Waals surface area contributed by atoms with Gasteiger partial charge in [-0.1, -0.05) is 71.9 Å². The second-order valence-electron chi connectivity index (χ2n) is 20.4. The van der Waals surface area contributed by atoms with Crippen LogP contribution in [0.4, 0.5) is 16.2 Å². The molecule has 0 radical (unpaired) electrons. The van der Waals surface area contributed by atoms with E-state index in [9.17, 15) is 39.9 Å². The summed E-state index contributed by atoms with van der Waals surface area (Å²) in [6.45, 7) is 18.9. The minimum Gasteiger partial charge on any atom is -0.505 e. The van der Waals surface area contributed by atoms with E-state index in [4.69, 9.17) is 28.3 Å². The van der Waals surface area contributed by atoms with Crippen LogP contribution in [0.1, 0.15) is 77.7 Å². The number of aliphatic hydroxyl groups excluding tert-OH is 4. The number of phenols is 1. The summed E-state index contributed by atoms with van der Waals surface area (Å²) >= 11 is 0. The van der Waals surface area contributed by atoms with Crippen LogP contribution >= 0.6 is 0 Å². The number of allylic oxidation sites excluding steroid dienone is 2. The molecule has 1 fully saturated rings. The number of carbonyl (C=O) groups excluding carboxylic acids is 3. The van der Waals surface area contributed by atoms with E-state index in [1.54, 1.807) is 71.9 Å². The third-order valence-corrected chi connectivity index (χ3v) is 14.6. The first kappa shape index (κ1) is 53.9. The first-order chi connectivity index (χ1) is 34.1. The van der Waals surface area contributed by atoms with Gasteiger partial charge in [-0.2, -0.15) is 0 Å². The summed E-state index contributed by atoms with van der Waals surface area (Å²) in [5, 5.41) is 57.2. The normalized spacial score (nSPS) is 27.4. The molecule has 2 unspecified atom stereocenters. The monoisotopic (exact) mass is 998 g/mol. The highest BCUT2D eigenvalue weighted by Gasteiger charge is 2.47. The van der Waals surface area contributed by atoms with Gasteiger partial charge in [0.2, 0.25) is 5.78 Å². The van der Waals surface area contributed by atoms with Gasteiger partial charge in [-0.3, -0.25) is 19.3 Å². The van der Waals surface area contributed by atoms with Gasteiger partial charge in [0.05, 0.1) is 35.9 Å².